The lowest BCUT2D eigenvalue weighted by Gasteiger charge is -2.01. The van der Waals surface area contributed by atoms with Crippen LogP contribution in [0.5, 0.6) is 5.75 Å². The second-order valence-electron chi connectivity index (χ2n) is 4.45. The van der Waals surface area contributed by atoms with E-state index in [2.05, 4.69) is 10.5 Å². The van der Waals surface area contributed by atoms with Crippen LogP contribution in [0.3, 0.4) is 0 Å². The molecule has 0 heterocycles. The fourth-order valence-corrected chi connectivity index (χ4v) is 1.79. The second kappa shape index (κ2) is 6.98. The van der Waals surface area contributed by atoms with E-state index in [1.54, 1.807) is 24.3 Å². The van der Waals surface area contributed by atoms with E-state index >= 15 is 0 Å². The maximum Gasteiger partial charge on any atom is 0.273 e. The SMILES string of the molecule is O=C(Cc1ccccc1[N+](=O)[O-])NN=Cc1ccc(O)cc1. The van der Waals surface area contributed by atoms with Gasteiger partial charge in [0.2, 0.25) is 5.91 Å². The number of amides is 1. The van der Waals surface area contributed by atoms with E-state index in [1.165, 1.54) is 30.5 Å². The Hall–Kier alpha value is -3.22. The smallest absolute Gasteiger partial charge is 0.273 e. The average Bonchev–Trinajstić information content (AvgIpc) is 2.49. The number of phenolic OH excluding ortho intramolecular Hbond substituents is 1. The maximum atomic E-state index is 11.7. The summed E-state index contributed by atoms with van der Waals surface area (Å²) in [5.41, 5.74) is 3.23. The minimum Gasteiger partial charge on any atom is -0.508 e. The van der Waals surface area contributed by atoms with Gasteiger partial charge in [-0.25, -0.2) is 5.43 Å². The molecule has 2 aromatic rings. The molecule has 0 aliphatic carbocycles. The van der Waals surface area contributed by atoms with Crippen LogP contribution < -0.4 is 5.43 Å². The molecule has 7 nitrogen and oxygen atoms in total. The molecule has 0 atom stereocenters. The van der Waals surface area contributed by atoms with Gasteiger partial charge in [0.25, 0.3) is 5.69 Å². The molecule has 0 aromatic heterocycles. The Morgan fingerprint density at radius 3 is 2.59 bits per heavy atom. The Morgan fingerprint density at radius 1 is 1.23 bits per heavy atom. The average molecular weight is 299 g/mol. The predicted octanol–water partition coefficient (Wildman–Crippen LogP) is 1.99. The number of hydrogen-bond donors (Lipinski definition) is 2. The van der Waals surface area contributed by atoms with Crippen molar-refractivity contribution in [3.8, 4) is 5.75 Å². The normalized spacial score (nSPS) is 10.5. The van der Waals surface area contributed by atoms with Crippen LogP contribution in [0.15, 0.2) is 53.6 Å². The lowest BCUT2D eigenvalue weighted by atomic mass is 10.1. The molecular formula is C15H13N3O4. The number of nitro benzene ring substituents is 1. The summed E-state index contributed by atoms with van der Waals surface area (Å²) in [6, 6.07) is 12.3. The van der Waals surface area contributed by atoms with E-state index in [9.17, 15) is 14.9 Å². The number of hydrazone groups is 1. The second-order valence-corrected chi connectivity index (χ2v) is 4.45. The molecule has 112 valence electrons. The summed E-state index contributed by atoms with van der Waals surface area (Å²) in [6.07, 6.45) is 1.28. The van der Waals surface area contributed by atoms with Crippen molar-refractivity contribution in [3.05, 3.63) is 69.8 Å². The number of carbonyl (C=O) groups is 1. The number of para-hydroxylation sites is 1. The molecular weight excluding hydrogens is 286 g/mol. The van der Waals surface area contributed by atoms with E-state index in [0.717, 1.165) is 0 Å². The molecule has 0 fully saturated rings. The van der Waals surface area contributed by atoms with Gasteiger partial charge in [-0.1, -0.05) is 18.2 Å². The molecule has 0 aliphatic heterocycles. The summed E-state index contributed by atoms with van der Waals surface area (Å²) >= 11 is 0. The highest BCUT2D eigenvalue weighted by atomic mass is 16.6. The number of benzene rings is 2. The zero-order valence-corrected chi connectivity index (χ0v) is 11.5. The summed E-state index contributed by atoms with van der Waals surface area (Å²) in [4.78, 5) is 22.1. The Kier molecular flexibility index (Phi) is 4.81. The molecule has 0 radical (unpaired) electrons. The van der Waals surface area contributed by atoms with Crippen LogP contribution in [-0.2, 0) is 11.2 Å². The standard InChI is InChI=1S/C15H13N3O4/c19-13-7-5-11(6-8-13)10-16-17-15(20)9-12-3-1-2-4-14(12)18(21)22/h1-8,10,19H,9H2,(H,17,20). The first kappa shape index (κ1) is 15.2. The van der Waals surface area contributed by atoms with Gasteiger partial charge in [-0.2, -0.15) is 5.10 Å². The highest BCUT2D eigenvalue weighted by Gasteiger charge is 2.14. The van der Waals surface area contributed by atoms with Gasteiger partial charge in [0.15, 0.2) is 0 Å². The van der Waals surface area contributed by atoms with Crippen LogP contribution >= 0.6 is 0 Å². The Balaban J connectivity index is 1.96. The van der Waals surface area contributed by atoms with Crippen LogP contribution in [0.25, 0.3) is 0 Å². The number of rotatable bonds is 5. The van der Waals surface area contributed by atoms with E-state index in [0.29, 0.717) is 11.1 Å². The third-order valence-electron chi connectivity index (χ3n) is 2.84. The van der Waals surface area contributed by atoms with E-state index in [1.807, 2.05) is 0 Å². The van der Waals surface area contributed by atoms with Crippen LogP contribution in [-0.4, -0.2) is 22.2 Å². The van der Waals surface area contributed by atoms with Crippen molar-refractivity contribution in [3.63, 3.8) is 0 Å². The number of aromatic hydroxyl groups is 1. The summed E-state index contributed by atoms with van der Waals surface area (Å²) in [5.74, 6) is -0.318. The Labute approximate surface area is 126 Å². The van der Waals surface area contributed by atoms with Crippen molar-refractivity contribution in [2.24, 2.45) is 5.10 Å². The predicted molar refractivity (Wildman–Crippen MR) is 80.6 cm³/mol. The van der Waals surface area contributed by atoms with Crippen LogP contribution in [0.4, 0.5) is 5.69 Å². The molecule has 0 spiro atoms. The quantitative estimate of drug-likeness (QED) is 0.500. The van der Waals surface area contributed by atoms with Crippen molar-refractivity contribution in [1.82, 2.24) is 5.43 Å². The van der Waals surface area contributed by atoms with Gasteiger partial charge >= 0.3 is 0 Å². The fourth-order valence-electron chi connectivity index (χ4n) is 1.79. The van der Waals surface area contributed by atoms with Gasteiger partial charge in [-0.15, -0.1) is 0 Å². The van der Waals surface area contributed by atoms with Gasteiger partial charge in [-0.05, 0) is 29.8 Å². The number of nitrogens with one attached hydrogen (secondary N) is 1. The number of nitro groups is 1. The molecule has 2 rings (SSSR count). The molecule has 1 amide bonds. The summed E-state index contributed by atoms with van der Waals surface area (Å²) in [6.45, 7) is 0. The Bertz CT molecular complexity index is 711. The first-order chi connectivity index (χ1) is 10.6. The summed E-state index contributed by atoms with van der Waals surface area (Å²) in [7, 11) is 0. The van der Waals surface area contributed by atoms with Crippen molar-refractivity contribution in [2.45, 2.75) is 6.42 Å². The first-order valence-corrected chi connectivity index (χ1v) is 6.39. The molecule has 7 heteroatoms. The van der Waals surface area contributed by atoms with Crippen molar-refractivity contribution in [2.75, 3.05) is 0 Å². The highest BCUT2D eigenvalue weighted by molar-refractivity contribution is 5.83. The number of phenols is 1. The summed E-state index contributed by atoms with van der Waals surface area (Å²) in [5, 5.41) is 23.8. The monoisotopic (exact) mass is 299 g/mol. The maximum absolute atomic E-state index is 11.7. The van der Waals surface area contributed by atoms with Crippen molar-refractivity contribution < 1.29 is 14.8 Å². The van der Waals surface area contributed by atoms with Crippen LogP contribution in [0.1, 0.15) is 11.1 Å². The zero-order chi connectivity index (χ0) is 15.9. The van der Waals surface area contributed by atoms with E-state index < -0.39 is 10.8 Å². The molecule has 0 unspecified atom stereocenters. The number of hydrogen-bond acceptors (Lipinski definition) is 5. The number of carbonyl (C=O) groups excluding carboxylic acids is 1. The molecule has 0 aliphatic rings. The van der Waals surface area contributed by atoms with Crippen molar-refractivity contribution in [1.29, 1.82) is 0 Å². The Morgan fingerprint density at radius 2 is 1.91 bits per heavy atom. The highest BCUT2D eigenvalue weighted by Crippen LogP contribution is 2.17. The van der Waals surface area contributed by atoms with Crippen molar-refractivity contribution >= 4 is 17.8 Å². The van der Waals surface area contributed by atoms with Crippen LogP contribution in [0, 0.1) is 10.1 Å². The fraction of sp³-hybridized carbons (Fsp3) is 0.0667. The summed E-state index contributed by atoms with van der Waals surface area (Å²) < 4.78 is 0. The van der Waals surface area contributed by atoms with E-state index in [-0.39, 0.29) is 17.9 Å². The van der Waals surface area contributed by atoms with Gasteiger partial charge < -0.3 is 5.11 Å². The molecule has 0 saturated heterocycles. The first-order valence-electron chi connectivity index (χ1n) is 6.39. The molecule has 2 aromatic carbocycles. The molecule has 0 bridgehead atoms. The minimum atomic E-state index is -0.525. The largest absolute Gasteiger partial charge is 0.508 e. The van der Waals surface area contributed by atoms with Gasteiger partial charge in [0.05, 0.1) is 17.6 Å². The number of nitrogens with zero attached hydrogens (tertiary/aromatic N) is 2. The molecule has 22 heavy (non-hydrogen) atoms. The lowest BCUT2D eigenvalue weighted by Crippen LogP contribution is -2.20. The van der Waals surface area contributed by atoms with E-state index in [4.69, 9.17) is 5.11 Å². The van der Waals surface area contributed by atoms with Gasteiger partial charge in [0, 0.05) is 11.6 Å². The molecule has 2 N–H and O–H groups in total. The topological polar surface area (TPSA) is 105 Å². The van der Waals surface area contributed by atoms with Gasteiger partial charge in [-0.3, -0.25) is 14.9 Å². The molecule has 0 saturated carbocycles. The van der Waals surface area contributed by atoms with Gasteiger partial charge in [0.1, 0.15) is 5.75 Å². The zero-order valence-electron chi connectivity index (χ0n) is 11.5. The van der Waals surface area contributed by atoms with Crippen LogP contribution in [0.2, 0.25) is 0 Å². The third-order valence-corrected chi connectivity index (χ3v) is 2.84. The lowest BCUT2D eigenvalue weighted by molar-refractivity contribution is -0.385. The third kappa shape index (κ3) is 4.14. The minimum absolute atomic E-state index is 0.0971.